The van der Waals surface area contributed by atoms with Crippen molar-refractivity contribution in [2.75, 3.05) is 12.4 Å². The summed E-state index contributed by atoms with van der Waals surface area (Å²) >= 11 is 1.05. The lowest BCUT2D eigenvalue weighted by Gasteiger charge is -2.17. The second-order valence-electron chi connectivity index (χ2n) is 7.48. The Morgan fingerprint density at radius 1 is 1.15 bits per heavy atom. The zero-order valence-corrected chi connectivity index (χ0v) is 19.3. The summed E-state index contributed by atoms with van der Waals surface area (Å²) in [5.41, 5.74) is 0.806. The third-order valence-corrected chi connectivity index (χ3v) is 5.99. The summed E-state index contributed by atoms with van der Waals surface area (Å²) in [4.78, 5) is 34.4. The number of carbonyl (C=O) groups is 3. The van der Waals surface area contributed by atoms with Crippen LogP contribution in [0.15, 0.2) is 35.2 Å². The van der Waals surface area contributed by atoms with E-state index in [1.165, 1.54) is 25.1 Å². The molecule has 0 aliphatic heterocycles. The van der Waals surface area contributed by atoms with Crippen LogP contribution in [0, 0.1) is 5.82 Å². The number of phenolic OH excluding ortho intramolecular Hbond substituents is 1. The molecule has 178 valence electrons. The van der Waals surface area contributed by atoms with Crippen LogP contribution < -0.4 is 4.74 Å². The lowest BCUT2D eigenvalue weighted by atomic mass is 10.0. The van der Waals surface area contributed by atoms with Gasteiger partial charge in [0.25, 0.3) is 0 Å². The first kappa shape index (κ1) is 26.3. The van der Waals surface area contributed by atoms with E-state index in [0.717, 1.165) is 24.2 Å². The fourth-order valence-corrected chi connectivity index (χ4v) is 3.93. The first-order valence-corrected chi connectivity index (χ1v) is 11.5. The number of carbonyl (C=O) groups excluding carboxylic acids is 2. The van der Waals surface area contributed by atoms with Crippen molar-refractivity contribution in [3.05, 3.63) is 52.8 Å². The average Bonchev–Trinajstić information content (AvgIpc) is 2.76. The molecule has 33 heavy (non-hydrogen) atoms. The maximum atomic E-state index is 14.3. The highest BCUT2D eigenvalue weighted by molar-refractivity contribution is 7.99. The van der Waals surface area contributed by atoms with Crippen LogP contribution in [0.5, 0.6) is 11.5 Å². The minimum absolute atomic E-state index is 0.0965. The van der Waals surface area contributed by atoms with Crippen molar-refractivity contribution < 1.29 is 38.8 Å². The van der Waals surface area contributed by atoms with E-state index in [1.54, 1.807) is 6.07 Å². The number of Topliss-reactive ketones (excluding diaryl/α,β-unsaturated/α-hetero) is 2. The minimum atomic E-state index is -1.10. The van der Waals surface area contributed by atoms with Crippen molar-refractivity contribution >= 4 is 29.3 Å². The highest BCUT2D eigenvalue weighted by Gasteiger charge is 2.18. The van der Waals surface area contributed by atoms with Gasteiger partial charge in [-0.1, -0.05) is 19.4 Å². The molecule has 0 amide bonds. The Morgan fingerprint density at radius 3 is 2.48 bits per heavy atom. The summed E-state index contributed by atoms with van der Waals surface area (Å²) < 4.78 is 20.0. The number of rotatable bonds is 13. The molecule has 2 rings (SSSR count). The van der Waals surface area contributed by atoms with E-state index in [1.807, 2.05) is 6.92 Å². The van der Waals surface area contributed by atoms with Crippen LogP contribution in [0.1, 0.15) is 59.4 Å². The van der Waals surface area contributed by atoms with E-state index in [4.69, 9.17) is 9.84 Å². The molecule has 0 aliphatic rings. The average molecular weight is 479 g/mol. The van der Waals surface area contributed by atoms with Gasteiger partial charge < -0.3 is 20.1 Å². The van der Waals surface area contributed by atoms with Crippen LogP contribution in [0.3, 0.4) is 0 Å². The maximum absolute atomic E-state index is 14.3. The summed E-state index contributed by atoms with van der Waals surface area (Å²) in [5, 5.41) is 29.3. The number of aliphatic carboxylic acids is 1. The predicted molar refractivity (Wildman–Crippen MR) is 122 cm³/mol. The van der Waals surface area contributed by atoms with E-state index in [0.29, 0.717) is 17.7 Å². The van der Waals surface area contributed by atoms with Gasteiger partial charge in [0.15, 0.2) is 11.6 Å². The number of carboxylic acids is 1. The topological polar surface area (TPSA) is 121 Å². The fourth-order valence-electron chi connectivity index (χ4n) is 3.10. The first-order chi connectivity index (χ1) is 15.6. The molecule has 0 fully saturated rings. The van der Waals surface area contributed by atoms with Gasteiger partial charge in [0.1, 0.15) is 23.9 Å². The number of phenols is 1. The number of hydrogen-bond acceptors (Lipinski definition) is 7. The molecule has 0 spiro atoms. The van der Waals surface area contributed by atoms with Gasteiger partial charge in [0.05, 0.1) is 18.1 Å². The van der Waals surface area contributed by atoms with Crippen LogP contribution in [-0.2, 0) is 11.2 Å². The number of aliphatic hydroxyl groups excluding tert-OH is 1. The summed E-state index contributed by atoms with van der Waals surface area (Å²) in [6.45, 7) is 3.19. The summed E-state index contributed by atoms with van der Waals surface area (Å²) in [6, 6.07) is 6.96. The van der Waals surface area contributed by atoms with Crippen molar-refractivity contribution in [1.29, 1.82) is 0 Å². The molecule has 0 saturated heterocycles. The zero-order chi connectivity index (χ0) is 24.5. The van der Waals surface area contributed by atoms with E-state index < -0.39 is 23.7 Å². The molecule has 2 aromatic rings. The summed E-state index contributed by atoms with van der Waals surface area (Å²) in [6.07, 6.45) is -0.262. The minimum Gasteiger partial charge on any atom is -0.507 e. The first-order valence-electron chi connectivity index (χ1n) is 10.5. The second-order valence-corrected chi connectivity index (χ2v) is 8.54. The monoisotopic (exact) mass is 478 g/mol. The van der Waals surface area contributed by atoms with Gasteiger partial charge in [-0.25, -0.2) is 4.39 Å². The van der Waals surface area contributed by atoms with E-state index in [-0.39, 0.29) is 52.8 Å². The standard InChI is InChI=1S/C24H27FO7S/c1-3-4-18-21(8-6-17(14(2)26)24(18)31)32-12-16(27)13-33-22-9-5-15(11-19(22)25)20(28)7-10-23(29)30/h5-6,8-9,11,16,27,31H,3-4,7,10,12-13H2,1-2H3,(H,29,30). The molecule has 0 aliphatic carbocycles. The summed E-state index contributed by atoms with van der Waals surface area (Å²) in [5.74, 6) is -2.08. The molecule has 0 saturated carbocycles. The van der Waals surface area contributed by atoms with E-state index in [9.17, 15) is 29.0 Å². The second kappa shape index (κ2) is 12.4. The number of halogens is 1. The zero-order valence-electron chi connectivity index (χ0n) is 18.5. The van der Waals surface area contributed by atoms with Crippen LogP contribution in [0.4, 0.5) is 4.39 Å². The number of benzene rings is 2. The third kappa shape index (κ3) is 7.57. The molecule has 0 heterocycles. The van der Waals surface area contributed by atoms with Crippen molar-refractivity contribution in [3.8, 4) is 11.5 Å². The van der Waals surface area contributed by atoms with Crippen LogP contribution >= 0.6 is 11.8 Å². The highest BCUT2D eigenvalue weighted by Crippen LogP contribution is 2.33. The van der Waals surface area contributed by atoms with Gasteiger partial charge in [-0.05, 0) is 37.6 Å². The number of thioether (sulfide) groups is 1. The molecule has 7 nitrogen and oxygen atoms in total. The SMILES string of the molecule is CCCc1c(OCC(O)CSc2ccc(C(=O)CCC(=O)O)cc2F)ccc(C(C)=O)c1O. The highest BCUT2D eigenvalue weighted by atomic mass is 32.2. The van der Waals surface area contributed by atoms with Gasteiger partial charge in [-0.2, -0.15) is 0 Å². The lowest BCUT2D eigenvalue weighted by molar-refractivity contribution is -0.136. The smallest absolute Gasteiger partial charge is 0.303 e. The molecular weight excluding hydrogens is 451 g/mol. The predicted octanol–water partition coefficient (Wildman–Crippen LogP) is 4.27. The lowest BCUT2D eigenvalue weighted by Crippen LogP contribution is -2.20. The van der Waals surface area contributed by atoms with Gasteiger partial charge in [-0.3, -0.25) is 14.4 Å². The van der Waals surface area contributed by atoms with Gasteiger partial charge in [0.2, 0.25) is 0 Å². The van der Waals surface area contributed by atoms with Crippen molar-refractivity contribution in [2.24, 2.45) is 0 Å². The maximum Gasteiger partial charge on any atom is 0.303 e. The number of carboxylic acid groups (broad SMARTS) is 1. The third-order valence-electron chi connectivity index (χ3n) is 4.80. The van der Waals surface area contributed by atoms with Crippen molar-refractivity contribution in [1.82, 2.24) is 0 Å². The number of aromatic hydroxyl groups is 1. The fraction of sp³-hybridized carbons (Fsp3) is 0.375. The van der Waals surface area contributed by atoms with E-state index >= 15 is 0 Å². The molecular formula is C24H27FO7S. The Balaban J connectivity index is 1.96. The molecule has 1 atom stereocenters. The molecule has 2 aromatic carbocycles. The Kier molecular flexibility index (Phi) is 9.87. The van der Waals surface area contributed by atoms with E-state index in [2.05, 4.69) is 0 Å². The van der Waals surface area contributed by atoms with Crippen molar-refractivity contribution in [3.63, 3.8) is 0 Å². The van der Waals surface area contributed by atoms with Crippen LogP contribution in [0.25, 0.3) is 0 Å². The van der Waals surface area contributed by atoms with Gasteiger partial charge >= 0.3 is 5.97 Å². The Hall–Kier alpha value is -2.91. The van der Waals surface area contributed by atoms with Crippen molar-refractivity contribution in [2.45, 2.75) is 50.5 Å². The number of ether oxygens (including phenoxy) is 1. The van der Waals surface area contributed by atoms with Crippen LogP contribution in [-0.4, -0.2) is 51.3 Å². The normalized spacial score (nSPS) is 11.8. The number of ketones is 2. The molecule has 3 N–H and O–H groups in total. The number of hydrogen-bond donors (Lipinski definition) is 3. The molecule has 0 aromatic heterocycles. The Labute approximate surface area is 195 Å². The number of aliphatic hydroxyl groups is 1. The Bertz CT molecular complexity index is 1020. The molecule has 0 radical (unpaired) electrons. The quantitative estimate of drug-likeness (QED) is 0.288. The van der Waals surface area contributed by atoms with Gasteiger partial charge in [-0.15, -0.1) is 11.8 Å². The largest absolute Gasteiger partial charge is 0.507 e. The molecule has 1 unspecified atom stereocenters. The molecule has 9 heteroatoms. The van der Waals surface area contributed by atoms with Gasteiger partial charge in [0, 0.05) is 28.2 Å². The summed E-state index contributed by atoms with van der Waals surface area (Å²) in [7, 11) is 0. The Morgan fingerprint density at radius 2 is 1.88 bits per heavy atom. The molecule has 0 bridgehead atoms. The van der Waals surface area contributed by atoms with Crippen LogP contribution in [0.2, 0.25) is 0 Å².